The number of ether oxygens (including phenoxy) is 1. The zero-order valence-corrected chi connectivity index (χ0v) is 14.3. The van der Waals surface area contributed by atoms with Gasteiger partial charge >= 0.3 is 5.97 Å². The maximum Gasteiger partial charge on any atom is 0.341 e. The average Bonchev–Trinajstić information content (AvgIpc) is 2.88. The SMILES string of the molecule is CCOC(=O)C1=C(c2ccccc2)NC(=O)C1=C(SC)SC. The van der Waals surface area contributed by atoms with Crippen LogP contribution in [0.3, 0.4) is 0 Å². The van der Waals surface area contributed by atoms with Crippen LogP contribution in [0.2, 0.25) is 0 Å². The highest BCUT2D eigenvalue weighted by atomic mass is 32.2. The number of rotatable bonds is 5. The van der Waals surface area contributed by atoms with E-state index in [0.717, 1.165) is 9.80 Å². The number of nitrogens with one attached hydrogen (secondary N) is 1. The Balaban J connectivity index is 2.65. The highest BCUT2D eigenvalue weighted by Gasteiger charge is 2.35. The van der Waals surface area contributed by atoms with E-state index >= 15 is 0 Å². The molecule has 1 aromatic carbocycles. The van der Waals surface area contributed by atoms with Gasteiger partial charge in [-0.05, 0) is 25.0 Å². The predicted molar refractivity (Wildman–Crippen MR) is 92.2 cm³/mol. The summed E-state index contributed by atoms with van der Waals surface area (Å²) in [5.74, 6) is -0.740. The van der Waals surface area contributed by atoms with Gasteiger partial charge < -0.3 is 10.1 Å². The summed E-state index contributed by atoms with van der Waals surface area (Å²) in [5.41, 5.74) is 2.02. The minimum Gasteiger partial charge on any atom is -0.462 e. The van der Waals surface area contributed by atoms with Gasteiger partial charge in [-0.2, -0.15) is 0 Å². The second-order valence-corrected chi connectivity index (χ2v) is 6.25. The van der Waals surface area contributed by atoms with Crippen molar-refractivity contribution in [3.63, 3.8) is 0 Å². The lowest BCUT2D eigenvalue weighted by Gasteiger charge is -2.09. The van der Waals surface area contributed by atoms with Crippen molar-refractivity contribution in [3.05, 3.63) is 51.3 Å². The summed E-state index contributed by atoms with van der Waals surface area (Å²) < 4.78 is 5.95. The molecule has 0 saturated carbocycles. The molecule has 1 heterocycles. The normalized spacial score (nSPS) is 14.1. The maximum absolute atomic E-state index is 12.4. The largest absolute Gasteiger partial charge is 0.462 e. The molecule has 2 rings (SSSR count). The van der Waals surface area contributed by atoms with Crippen LogP contribution < -0.4 is 5.32 Å². The average molecular weight is 335 g/mol. The third-order valence-electron chi connectivity index (χ3n) is 3.08. The number of hydrogen-bond donors (Lipinski definition) is 1. The van der Waals surface area contributed by atoms with Gasteiger partial charge in [0.1, 0.15) is 0 Å². The van der Waals surface area contributed by atoms with Gasteiger partial charge in [0.15, 0.2) is 0 Å². The molecule has 0 saturated heterocycles. The highest BCUT2D eigenvalue weighted by molar-refractivity contribution is 8.21. The lowest BCUT2D eigenvalue weighted by Crippen LogP contribution is -2.16. The van der Waals surface area contributed by atoms with Crippen LogP contribution in [0.25, 0.3) is 5.70 Å². The molecule has 0 spiro atoms. The summed E-state index contributed by atoms with van der Waals surface area (Å²) in [5, 5.41) is 2.81. The first-order chi connectivity index (χ1) is 10.6. The van der Waals surface area contributed by atoms with Crippen LogP contribution in [0, 0.1) is 0 Å². The molecule has 1 aromatic rings. The third kappa shape index (κ3) is 3.23. The van der Waals surface area contributed by atoms with Crippen molar-refractivity contribution in [1.29, 1.82) is 0 Å². The van der Waals surface area contributed by atoms with Gasteiger partial charge in [-0.15, -0.1) is 23.5 Å². The fourth-order valence-corrected chi connectivity index (χ4v) is 3.65. The van der Waals surface area contributed by atoms with E-state index in [4.69, 9.17) is 4.74 Å². The number of benzene rings is 1. The monoisotopic (exact) mass is 335 g/mol. The molecule has 1 amide bonds. The molecule has 1 aliphatic heterocycles. The van der Waals surface area contributed by atoms with Crippen LogP contribution in [-0.4, -0.2) is 31.0 Å². The molecule has 0 aliphatic carbocycles. The summed E-state index contributed by atoms with van der Waals surface area (Å²) in [7, 11) is 0. The van der Waals surface area contributed by atoms with Crippen molar-refractivity contribution in [2.24, 2.45) is 0 Å². The number of carbonyl (C=O) groups excluding carboxylic acids is 2. The van der Waals surface area contributed by atoms with E-state index < -0.39 is 5.97 Å². The standard InChI is InChI=1S/C16H17NO3S2/c1-4-20-15(19)11-12(16(21-2)22-3)14(18)17-13(11)10-8-6-5-7-9-10/h5-9H,4H2,1-3H3,(H,17,18). The van der Waals surface area contributed by atoms with Gasteiger partial charge in [0, 0.05) is 0 Å². The van der Waals surface area contributed by atoms with Gasteiger partial charge in [-0.25, -0.2) is 4.79 Å². The van der Waals surface area contributed by atoms with E-state index in [0.29, 0.717) is 16.8 Å². The van der Waals surface area contributed by atoms with E-state index in [1.165, 1.54) is 23.5 Å². The Bertz CT molecular complexity index is 645. The van der Waals surface area contributed by atoms with Crippen LogP contribution in [0.15, 0.2) is 45.7 Å². The fraction of sp³-hybridized carbons (Fsp3) is 0.250. The van der Waals surface area contributed by atoms with Crippen molar-refractivity contribution in [3.8, 4) is 0 Å². The molecular formula is C16H17NO3S2. The first-order valence-corrected chi connectivity index (χ1v) is 9.19. The van der Waals surface area contributed by atoms with Crippen LogP contribution in [0.1, 0.15) is 12.5 Å². The first-order valence-electron chi connectivity index (χ1n) is 6.74. The zero-order valence-electron chi connectivity index (χ0n) is 12.6. The summed E-state index contributed by atoms with van der Waals surface area (Å²) in [4.78, 5) is 24.8. The van der Waals surface area contributed by atoms with Gasteiger partial charge in [0.25, 0.3) is 5.91 Å². The summed E-state index contributed by atoms with van der Waals surface area (Å²) in [6.45, 7) is 2.01. The number of thioether (sulfide) groups is 2. The second kappa shape index (κ2) is 7.56. The molecule has 0 unspecified atom stereocenters. The molecule has 0 atom stereocenters. The molecule has 4 nitrogen and oxygen atoms in total. The van der Waals surface area contributed by atoms with E-state index in [2.05, 4.69) is 5.32 Å². The summed E-state index contributed by atoms with van der Waals surface area (Å²) in [6.07, 6.45) is 3.77. The molecule has 116 valence electrons. The molecule has 0 bridgehead atoms. The minimum absolute atomic E-state index is 0.263. The van der Waals surface area contributed by atoms with E-state index in [1.54, 1.807) is 6.92 Å². The van der Waals surface area contributed by atoms with Gasteiger partial charge in [-0.3, -0.25) is 4.79 Å². The Morgan fingerprint density at radius 3 is 2.36 bits per heavy atom. The number of carbonyl (C=O) groups is 2. The smallest absolute Gasteiger partial charge is 0.341 e. The number of amides is 1. The second-order valence-electron chi connectivity index (χ2n) is 4.36. The van der Waals surface area contributed by atoms with Crippen molar-refractivity contribution < 1.29 is 14.3 Å². The van der Waals surface area contributed by atoms with E-state index in [9.17, 15) is 9.59 Å². The Morgan fingerprint density at radius 1 is 1.18 bits per heavy atom. The van der Waals surface area contributed by atoms with E-state index in [-0.39, 0.29) is 12.5 Å². The lowest BCUT2D eigenvalue weighted by molar-refractivity contribution is -0.138. The fourth-order valence-electron chi connectivity index (χ4n) is 2.19. The Kier molecular flexibility index (Phi) is 5.74. The molecule has 0 fully saturated rings. The van der Waals surface area contributed by atoms with Crippen molar-refractivity contribution in [2.75, 3.05) is 19.1 Å². The molecule has 0 aromatic heterocycles. The lowest BCUT2D eigenvalue weighted by atomic mass is 10.0. The summed E-state index contributed by atoms with van der Waals surface area (Å²) in [6, 6.07) is 9.33. The quantitative estimate of drug-likeness (QED) is 0.662. The summed E-state index contributed by atoms with van der Waals surface area (Å²) >= 11 is 2.89. The molecule has 1 N–H and O–H groups in total. The van der Waals surface area contributed by atoms with Crippen LogP contribution in [0.5, 0.6) is 0 Å². The van der Waals surface area contributed by atoms with Crippen molar-refractivity contribution in [1.82, 2.24) is 5.32 Å². The first kappa shape index (κ1) is 16.7. The number of esters is 1. The predicted octanol–water partition coefficient (Wildman–Crippen LogP) is 3.03. The molecule has 22 heavy (non-hydrogen) atoms. The third-order valence-corrected chi connectivity index (χ3v) is 5.23. The Morgan fingerprint density at radius 2 is 1.82 bits per heavy atom. The van der Waals surface area contributed by atoms with Gasteiger partial charge in [0.05, 0.1) is 27.7 Å². The van der Waals surface area contributed by atoms with E-state index in [1.807, 2.05) is 42.8 Å². The topological polar surface area (TPSA) is 55.4 Å². The van der Waals surface area contributed by atoms with Crippen LogP contribution in [-0.2, 0) is 14.3 Å². The Labute approximate surface area is 138 Å². The van der Waals surface area contributed by atoms with Crippen LogP contribution in [0.4, 0.5) is 0 Å². The molecule has 1 aliphatic rings. The van der Waals surface area contributed by atoms with Crippen molar-refractivity contribution in [2.45, 2.75) is 6.92 Å². The Hall–Kier alpha value is -1.66. The zero-order chi connectivity index (χ0) is 16.1. The van der Waals surface area contributed by atoms with Gasteiger partial charge in [-0.1, -0.05) is 30.3 Å². The van der Waals surface area contributed by atoms with Gasteiger partial charge in [0.2, 0.25) is 0 Å². The molecular weight excluding hydrogens is 318 g/mol. The molecule has 0 radical (unpaired) electrons. The van der Waals surface area contributed by atoms with Crippen molar-refractivity contribution >= 4 is 41.1 Å². The number of hydrogen-bond acceptors (Lipinski definition) is 5. The minimum atomic E-state index is -0.477. The van der Waals surface area contributed by atoms with Crippen LogP contribution >= 0.6 is 23.5 Å². The highest BCUT2D eigenvalue weighted by Crippen LogP contribution is 2.38. The maximum atomic E-state index is 12.4. The molecule has 6 heteroatoms.